The predicted octanol–water partition coefficient (Wildman–Crippen LogP) is 5.42. The second-order valence-electron chi connectivity index (χ2n) is 8.25. The van der Waals surface area contributed by atoms with Gasteiger partial charge in [0, 0.05) is 0 Å². The first-order valence-corrected chi connectivity index (χ1v) is 9.78. The highest BCUT2D eigenvalue weighted by molar-refractivity contribution is 5.90. The minimum atomic E-state index is -0.396. The van der Waals surface area contributed by atoms with Gasteiger partial charge in [-0.2, -0.15) is 0 Å². The summed E-state index contributed by atoms with van der Waals surface area (Å²) < 4.78 is 10.6. The van der Waals surface area contributed by atoms with E-state index in [9.17, 15) is 9.90 Å². The molecule has 0 amide bonds. The van der Waals surface area contributed by atoms with Gasteiger partial charge in [-0.1, -0.05) is 38.0 Å². The topological polar surface area (TPSA) is 55.8 Å². The number of hydrogen-bond acceptors (Lipinski definition) is 4. The van der Waals surface area contributed by atoms with E-state index in [-0.39, 0.29) is 16.9 Å². The van der Waals surface area contributed by atoms with Crippen molar-refractivity contribution in [3.05, 3.63) is 46.6 Å². The number of hydrogen-bond donors (Lipinski definition) is 1. The summed E-state index contributed by atoms with van der Waals surface area (Å²) in [5.41, 5.74) is 5.13. The number of ether oxygens (including phenoxy) is 2. The molecule has 0 radical (unpaired) electrons. The average Bonchev–Trinajstić information content (AvgIpc) is 2.89. The number of carbonyl (C=O) groups excluding carboxylic acids is 1. The van der Waals surface area contributed by atoms with Crippen LogP contribution in [-0.2, 0) is 4.74 Å². The van der Waals surface area contributed by atoms with Crippen molar-refractivity contribution in [1.29, 1.82) is 0 Å². The fourth-order valence-corrected chi connectivity index (χ4v) is 4.36. The standard InChI is InChI=1S/C23H30O4/c1-15(2)18-10-12-23(3)11-9-16(5-7-19(18)23)14-27-22(25)17-6-8-20(24)21(13-17)26-4/h6,8-9,13,15,24H,5,7,10-12,14H2,1-4H3. The third-order valence-corrected chi connectivity index (χ3v) is 6.10. The maximum Gasteiger partial charge on any atom is 0.338 e. The van der Waals surface area contributed by atoms with E-state index in [0.717, 1.165) is 19.3 Å². The largest absolute Gasteiger partial charge is 0.504 e. The highest BCUT2D eigenvalue weighted by atomic mass is 16.5. The number of allylic oxidation sites excluding steroid dienone is 3. The maximum atomic E-state index is 12.4. The number of fused-ring (bicyclic) bond motifs is 1. The highest BCUT2D eigenvalue weighted by Crippen LogP contribution is 2.51. The van der Waals surface area contributed by atoms with Crippen molar-refractivity contribution in [2.75, 3.05) is 13.7 Å². The number of aromatic hydroxyl groups is 1. The molecule has 2 aliphatic carbocycles. The van der Waals surface area contributed by atoms with Gasteiger partial charge in [-0.05, 0) is 67.2 Å². The van der Waals surface area contributed by atoms with Gasteiger partial charge in [-0.25, -0.2) is 4.79 Å². The molecular weight excluding hydrogens is 340 g/mol. The summed E-state index contributed by atoms with van der Waals surface area (Å²) in [7, 11) is 1.46. The molecular formula is C23H30O4. The van der Waals surface area contributed by atoms with Gasteiger partial charge in [0.05, 0.1) is 12.7 Å². The van der Waals surface area contributed by atoms with Crippen LogP contribution in [0.2, 0.25) is 0 Å². The Balaban J connectivity index is 1.65. The molecule has 1 unspecified atom stereocenters. The van der Waals surface area contributed by atoms with E-state index in [0.29, 0.717) is 18.1 Å². The van der Waals surface area contributed by atoms with Crippen molar-refractivity contribution < 1.29 is 19.4 Å². The molecule has 1 aromatic carbocycles. The summed E-state index contributed by atoms with van der Waals surface area (Å²) in [5, 5.41) is 9.65. The molecule has 27 heavy (non-hydrogen) atoms. The minimum Gasteiger partial charge on any atom is -0.504 e. The Hall–Kier alpha value is -2.23. The van der Waals surface area contributed by atoms with Gasteiger partial charge in [0.1, 0.15) is 6.61 Å². The molecule has 0 saturated carbocycles. The van der Waals surface area contributed by atoms with Crippen molar-refractivity contribution in [3.8, 4) is 11.5 Å². The van der Waals surface area contributed by atoms with Gasteiger partial charge in [-0.15, -0.1) is 0 Å². The molecule has 0 aliphatic heterocycles. The molecule has 4 nitrogen and oxygen atoms in total. The Bertz CT molecular complexity index is 788. The second kappa shape index (κ2) is 7.79. The summed E-state index contributed by atoms with van der Waals surface area (Å²) in [4.78, 5) is 12.4. The molecule has 4 heteroatoms. The third kappa shape index (κ3) is 4.05. The van der Waals surface area contributed by atoms with Crippen LogP contribution in [0.4, 0.5) is 0 Å². The molecule has 0 saturated heterocycles. The van der Waals surface area contributed by atoms with Crippen LogP contribution in [0.1, 0.15) is 63.2 Å². The van der Waals surface area contributed by atoms with Crippen LogP contribution in [0, 0.1) is 11.3 Å². The zero-order chi connectivity index (χ0) is 19.6. The third-order valence-electron chi connectivity index (χ3n) is 6.10. The fourth-order valence-electron chi connectivity index (χ4n) is 4.36. The molecule has 0 bridgehead atoms. The summed E-state index contributed by atoms with van der Waals surface area (Å²) in [5.74, 6) is 0.499. The predicted molar refractivity (Wildman–Crippen MR) is 106 cm³/mol. The monoisotopic (exact) mass is 370 g/mol. The van der Waals surface area contributed by atoms with Crippen LogP contribution >= 0.6 is 0 Å². The number of carbonyl (C=O) groups is 1. The molecule has 2 aliphatic rings. The van der Waals surface area contributed by atoms with Gasteiger partial charge in [0.2, 0.25) is 0 Å². The van der Waals surface area contributed by atoms with E-state index in [2.05, 4.69) is 26.8 Å². The number of rotatable bonds is 5. The van der Waals surface area contributed by atoms with Crippen molar-refractivity contribution in [2.24, 2.45) is 11.3 Å². The molecule has 0 spiro atoms. The van der Waals surface area contributed by atoms with Crippen LogP contribution in [-0.4, -0.2) is 24.8 Å². The van der Waals surface area contributed by atoms with Gasteiger partial charge in [0.25, 0.3) is 0 Å². The zero-order valence-electron chi connectivity index (χ0n) is 16.8. The average molecular weight is 370 g/mol. The van der Waals surface area contributed by atoms with Crippen LogP contribution in [0.15, 0.2) is 41.0 Å². The van der Waals surface area contributed by atoms with E-state index in [1.807, 2.05) is 0 Å². The smallest absolute Gasteiger partial charge is 0.338 e. The first kappa shape index (κ1) is 19.5. The minimum absolute atomic E-state index is 0.00884. The quantitative estimate of drug-likeness (QED) is 0.555. The lowest BCUT2D eigenvalue weighted by molar-refractivity contribution is 0.0537. The van der Waals surface area contributed by atoms with E-state index in [1.165, 1.54) is 37.7 Å². The number of phenolic OH excluding ortho intramolecular Hbond substituents is 1. The second-order valence-corrected chi connectivity index (χ2v) is 8.25. The lowest BCUT2D eigenvalue weighted by Crippen LogP contribution is -2.14. The molecule has 1 atom stereocenters. The molecule has 1 aromatic rings. The Kier molecular flexibility index (Phi) is 5.64. The fraction of sp³-hybridized carbons (Fsp3) is 0.522. The lowest BCUT2D eigenvalue weighted by atomic mass is 9.79. The lowest BCUT2D eigenvalue weighted by Gasteiger charge is -2.26. The first-order chi connectivity index (χ1) is 12.8. The van der Waals surface area contributed by atoms with Crippen LogP contribution < -0.4 is 4.74 Å². The van der Waals surface area contributed by atoms with Gasteiger partial charge in [0.15, 0.2) is 11.5 Å². The Labute approximate surface area is 161 Å². The summed E-state index contributed by atoms with van der Waals surface area (Å²) in [6.07, 6.45) is 7.78. The van der Waals surface area contributed by atoms with Gasteiger partial charge < -0.3 is 14.6 Å². The number of benzene rings is 1. The van der Waals surface area contributed by atoms with E-state index in [1.54, 1.807) is 17.2 Å². The number of esters is 1. The summed E-state index contributed by atoms with van der Waals surface area (Å²) in [6, 6.07) is 4.50. The van der Waals surface area contributed by atoms with E-state index in [4.69, 9.17) is 9.47 Å². The van der Waals surface area contributed by atoms with E-state index >= 15 is 0 Å². The molecule has 0 heterocycles. The van der Waals surface area contributed by atoms with Crippen molar-refractivity contribution in [3.63, 3.8) is 0 Å². The number of phenols is 1. The van der Waals surface area contributed by atoms with Crippen LogP contribution in [0.25, 0.3) is 0 Å². The summed E-state index contributed by atoms with van der Waals surface area (Å²) >= 11 is 0. The number of methoxy groups -OCH3 is 1. The molecule has 146 valence electrons. The SMILES string of the molecule is COc1cc(C(=O)OCC2=CCC3(C)CCC(C(C)C)=C3CC2)ccc1O. The Morgan fingerprint density at radius 3 is 2.74 bits per heavy atom. The molecule has 0 aromatic heterocycles. The Morgan fingerprint density at radius 2 is 2.04 bits per heavy atom. The maximum absolute atomic E-state index is 12.4. The van der Waals surface area contributed by atoms with Crippen molar-refractivity contribution >= 4 is 5.97 Å². The normalized spacial score (nSPS) is 22.3. The van der Waals surface area contributed by atoms with Crippen LogP contribution in [0.5, 0.6) is 11.5 Å². The van der Waals surface area contributed by atoms with Crippen molar-refractivity contribution in [2.45, 2.75) is 52.9 Å². The van der Waals surface area contributed by atoms with Crippen LogP contribution in [0.3, 0.4) is 0 Å². The highest BCUT2D eigenvalue weighted by Gasteiger charge is 2.37. The Morgan fingerprint density at radius 1 is 1.26 bits per heavy atom. The van der Waals surface area contributed by atoms with Gasteiger partial charge >= 0.3 is 5.97 Å². The molecule has 3 rings (SSSR count). The zero-order valence-corrected chi connectivity index (χ0v) is 16.8. The van der Waals surface area contributed by atoms with Gasteiger partial charge in [-0.3, -0.25) is 0 Å². The van der Waals surface area contributed by atoms with E-state index < -0.39 is 5.97 Å². The molecule has 0 fully saturated rings. The molecule has 1 N–H and O–H groups in total. The summed E-state index contributed by atoms with van der Waals surface area (Å²) in [6.45, 7) is 7.29. The van der Waals surface area contributed by atoms with Crippen molar-refractivity contribution in [1.82, 2.24) is 0 Å². The first-order valence-electron chi connectivity index (χ1n) is 9.78.